The summed E-state index contributed by atoms with van der Waals surface area (Å²) in [4.78, 5) is 11.7. The Hall–Kier alpha value is -3.18. The largest absolute Gasteiger partial charge is 0.497 e. The number of benzene rings is 3. The lowest BCUT2D eigenvalue weighted by Crippen LogP contribution is -2.22. The van der Waals surface area contributed by atoms with Gasteiger partial charge in [-0.15, -0.1) is 0 Å². The van der Waals surface area contributed by atoms with Gasteiger partial charge in [-0.1, -0.05) is 49.4 Å². The second-order valence-electron chi connectivity index (χ2n) is 9.49. The molecule has 1 unspecified atom stereocenters. The van der Waals surface area contributed by atoms with Crippen LogP contribution >= 0.6 is 0 Å². The van der Waals surface area contributed by atoms with E-state index in [1.54, 1.807) is 19.2 Å². The van der Waals surface area contributed by atoms with Crippen LogP contribution in [0.2, 0.25) is 0 Å². The van der Waals surface area contributed by atoms with Crippen LogP contribution in [0.15, 0.2) is 60.7 Å². The van der Waals surface area contributed by atoms with Crippen molar-refractivity contribution >= 4 is 5.97 Å². The van der Waals surface area contributed by atoms with E-state index < -0.39 is 11.9 Å². The number of hydrogen-bond acceptors (Lipinski definition) is 3. The molecule has 1 aliphatic carbocycles. The SMILES string of the molecule is COc1ccc(F)c(-c2ccc([C@@H]3Cc4cc(C(C5CC5)[C@H](C)C(=O)O)ccc4CO3)cc2)c1. The number of carboxylic acids is 1. The van der Waals surface area contributed by atoms with E-state index >= 15 is 0 Å². The molecule has 3 aromatic rings. The van der Waals surface area contributed by atoms with Crippen LogP contribution in [-0.2, 0) is 22.6 Å². The molecule has 1 aliphatic heterocycles. The Bertz CT molecular complexity index is 1200. The molecule has 0 amide bonds. The van der Waals surface area contributed by atoms with E-state index in [4.69, 9.17) is 9.47 Å². The minimum Gasteiger partial charge on any atom is -0.497 e. The van der Waals surface area contributed by atoms with Crippen LogP contribution in [-0.4, -0.2) is 18.2 Å². The number of carbonyl (C=O) groups is 1. The van der Waals surface area contributed by atoms with Crippen LogP contribution in [0.1, 0.15) is 54.0 Å². The molecule has 0 spiro atoms. The monoisotopic (exact) mass is 460 g/mol. The maximum atomic E-state index is 14.4. The summed E-state index contributed by atoms with van der Waals surface area (Å²) in [5.41, 5.74) is 5.84. The molecule has 1 saturated carbocycles. The van der Waals surface area contributed by atoms with Gasteiger partial charge in [0.05, 0.1) is 25.7 Å². The first-order chi connectivity index (χ1) is 16.4. The predicted molar refractivity (Wildman–Crippen MR) is 128 cm³/mol. The van der Waals surface area contributed by atoms with Crippen molar-refractivity contribution in [3.05, 3.63) is 88.7 Å². The van der Waals surface area contributed by atoms with E-state index in [0.29, 0.717) is 23.8 Å². The summed E-state index contributed by atoms with van der Waals surface area (Å²) < 4.78 is 25.8. The number of hydrogen-bond donors (Lipinski definition) is 1. The van der Waals surface area contributed by atoms with Crippen molar-refractivity contribution in [2.75, 3.05) is 7.11 Å². The Labute approximate surface area is 199 Å². The zero-order valence-corrected chi connectivity index (χ0v) is 19.5. The maximum absolute atomic E-state index is 14.4. The Morgan fingerprint density at radius 1 is 1.06 bits per heavy atom. The summed E-state index contributed by atoms with van der Waals surface area (Å²) in [6.45, 7) is 2.35. The third kappa shape index (κ3) is 4.45. The molecular formula is C29H29FO4. The Morgan fingerprint density at radius 3 is 2.50 bits per heavy atom. The topological polar surface area (TPSA) is 55.8 Å². The molecule has 176 valence electrons. The van der Waals surface area contributed by atoms with Crippen LogP contribution in [0.4, 0.5) is 4.39 Å². The number of ether oxygens (including phenoxy) is 2. The van der Waals surface area contributed by atoms with Gasteiger partial charge in [0, 0.05) is 12.0 Å². The van der Waals surface area contributed by atoms with Crippen LogP contribution in [0, 0.1) is 17.7 Å². The molecule has 1 heterocycles. The van der Waals surface area contributed by atoms with E-state index in [-0.39, 0.29) is 17.8 Å². The summed E-state index contributed by atoms with van der Waals surface area (Å²) in [5, 5.41) is 9.62. The Kier molecular flexibility index (Phi) is 6.13. The number of methoxy groups -OCH3 is 1. The average molecular weight is 461 g/mol. The van der Waals surface area contributed by atoms with Crippen molar-refractivity contribution in [2.45, 2.75) is 44.8 Å². The van der Waals surface area contributed by atoms with Crippen LogP contribution < -0.4 is 4.74 Å². The average Bonchev–Trinajstić information content (AvgIpc) is 3.69. The Morgan fingerprint density at radius 2 is 1.82 bits per heavy atom. The smallest absolute Gasteiger partial charge is 0.306 e. The quantitative estimate of drug-likeness (QED) is 0.436. The van der Waals surface area contributed by atoms with Gasteiger partial charge in [0.15, 0.2) is 0 Å². The van der Waals surface area contributed by atoms with Crippen molar-refractivity contribution in [3.63, 3.8) is 0 Å². The molecule has 2 aliphatic rings. The molecule has 34 heavy (non-hydrogen) atoms. The Balaban J connectivity index is 1.37. The fourth-order valence-corrected chi connectivity index (χ4v) is 5.16. The summed E-state index contributed by atoms with van der Waals surface area (Å²) >= 11 is 0. The van der Waals surface area contributed by atoms with Crippen molar-refractivity contribution in [1.82, 2.24) is 0 Å². The molecule has 5 heteroatoms. The van der Waals surface area contributed by atoms with Gasteiger partial charge in [0.2, 0.25) is 0 Å². The first kappa shape index (κ1) is 22.6. The number of rotatable bonds is 7. The highest BCUT2D eigenvalue weighted by molar-refractivity contribution is 5.71. The molecule has 1 fully saturated rings. The van der Waals surface area contributed by atoms with Gasteiger partial charge >= 0.3 is 5.97 Å². The van der Waals surface area contributed by atoms with Gasteiger partial charge in [0.1, 0.15) is 11.6 Å². The lowest BCUT2D eigenvalue weighted by Gasteiger charge is -2.28. The summed E-state index contributed by atoms with van der Waals surface area (Å²) in [6, 6.07) is 18.9. The molecule has 1 N–H and O–H groups in total. The summed E-state index contributed by atoms with van der Waals surface area (Å²) in [7, 11) is 1.57. The first-order valence-electron chi connectivity index (χ1n) is 11.8. The lowest BCUT2D eigenvalue weighted by atomic mass is 9.81. The van der Waals surface area contributed by atoms with Gasteiger partial charge in [-0.3, -0.25) is 4.79 Å². The highest BCUT2D eigenvalue weighted by Gasteiger charge is 2.39. The summed E-state index contributed by atoms with van der Waals surface area (Å²) in [6.07, 6.45) is 2.84. The van der Waals surface area contributed by atoms with Gasteiger partial charge < -0.3 is 14.6 Å². The fraction of sp³-hybridized carbons (Fsp3) is 0.345. The maximum Gasteiger partial charge on any atom is 0.306 e. The van der Waals surface area contributed by atoms with E-state index in [2.05, 4.69) is 18.2 Å². The second-order valence-corrected chi connectivity index (χ2v) is 9.49. The second kappa shape index (κ2) is 9.22. The van der Waals surface area contributed by atoms with Crippen LogP contribution in [0.3, 0.4) is 0 Å². The van der Waals surface area contributed by atoms with Gasteiger partial charge in [0.25, 0.3) is 0 Å². The molecule has 3 aromatic carbocycles. The van der Waals surface area contributed by atoms with Crippen molar-refractivity contribution in [1.29, 1.82) is 0 Å². The van der Waals surface area contributed by atoms with Gasteiger partial charge in [-0.2, -0.15) is 0 Å². The van der Waals surface area contributed by atoms with Crippen LogP contribution in [0.5, 0.6) is 5.75 Å². The van der Waals surface area contributed by atoms with Crippen LogP contribution in [0.25, 0.3) is 11.1 Å². The zero-order chi connectivity index (χ0) is 23.8. The molecule has 0 aromatic heterocycles. The normalized spacial score (nSPS) is 19.2. The van der Waals surface area contributed by atoms with Crippen molar-refractivity contribution in [2.24, 2.45) is 11.8 Å². The molecule has 4 nitrogen and oxygen atoms in total. The van der Waals surface area contributed by atoms with E-state index in [1.807, 2.05) is 31.2 Å². The van der Waals surface area contributed by atoms with E-state index in [1.165, 1.54) is 11.6 Å². The number of carboxylic acid groups (broad SMARTS) is 1. The fourth-order valence-electron chi connectivity index (χ4n) is 5.16. The first-order valence-corrected chi connectivity index (χ1v) is 11.8. The molecule has 0 radical (unpaired) electrons. The number of aliphatic carboxylic acids is 1. The van der Waals surface area contributed by atoms with E-state index in [0.717, 1.165) is 41.5 Å². The third-order valence-electron chi connectivity index (χ3n) is 7.29. The molecule has 0 saturated heterocycles. The zero-order valence-electron chi connectivity index (χ0n) is 19.5. The molecular weight excluding hydrogens is 431 g/mol. The standard InChI is InChI=1S/C29H29FO4/c1-17(29(31)32)28(20-7-8-20)21-9-10-22-16-34-27(14-23(22)13-21)19-5-3-18(4-6-19)25-15-24(33-2)11-12-26(25)30/h3-6,9-13,15,17,20,27-28H,7-8,14,16H2,1-2H3,(H,31,32)/t17-,27-,28?/m0/s1. The lowest BCUT2D eigenvalue weighted by molar-refractivity contribution is -0.142. The predicted octanol–water partition coefficient (Wildman–Crippen LogP) is 6.53. The molecule has 3 atom stereocenters. The molecule has 0 bridgehead atoms. The summed E-state index contributed by atoms with van der Waals surface area (Å²) in [5.74, 6) is -0.283. The van der Waals surface area contributed by atoms with Gasteiger partial charge in [-0.05, 0) is 70.7 Å². The van der Waals surface area contributed by atoms with Gasteiger partial charge in [-0.25, -0.2) is 4.39 Å². The minimum absolute atomic E-state index is 0.0566. The highest BCUT2D eigenvalue weighted by Crippen LogP contribution is 2.47. The number of halogens is 1. The highest BCUT2D eigenvalue weighted by atomic mass is 19.1. The van der Waals surface area contributed by atoms with E-state index in [9.17, 15) is 14.3 Å². The van der Waals surface area contributed by atoms with Crippen molar-refractivity contribution < 1.29 is 23.8 Å². The van der Waals surface area contributed by atoms with Crippen molar-refractivity contribution in [3.8, 4) is 16.9 Å². The molecule has 5 rings (SSSR count). The number of fused-ring (bicyclic) bond motifs is 1. The minimum atomic E-state index is -0.733. The third-order valence-corrected chi connectivity index (χ3v) is 7.29.